The van der Waals surface area contributed by atoms with E-state index < -0.39 is 0 Å². The quantitative estimate of drug-likeness (QED) is 0.926. The zero-order valence-corrected chi connectivity index (χ0v) is 12.4. The van der Waals surface area contributed by atoms with Gasteiger partial charge in [-0.2, -0.15) is 5.10 Å². The van der Waals surface area contributed by atoms with Crippen LogP contribution in [0, 0.1) is 0 Å². The van der Waals surface area contributed by atoms with Crippen LogP contribution in [0.3, 0.4) is 0 Å². The monoisotopic (exact) mass is 277 g/mol. The van der Waals surface area contributed by atoms with E-state index in [4.69, 9.17) is 11.6 Å². The standard InChI is InChI=1S/C15H20ClN3/c1-15(2,3)19-11-13(10-18-19)9-17-8-12-5-4-6-14(16)7-12/h4-7,10-11,17H,8-9H2,1-3H3. The summed E-state index contributed by atoms with van der Waals surface area (Å²) in [6.07, 6.45) is 4.00. The number of halogens is 1. The summed E-state index contributed by atoms with van der Waals surface area (Å²) in [5.74, 6) is 0. The SMILES string of the molecule is CC(C)(C)n1cc(CNCc2cccc(Cl)c2)cn1. The van der Waals surface area contributed by atoms with Gasteiger partial charge in [0, 0.05) is 29.9 Å². The molecular formula is C15H20ClN3. The number of nitrogens with zero attached hydrogens (tertiary/aromatic N) is 2. The molecule has 0 aliphatic rings. The van der Waals surface area contributed by atoms with Crippen LogP contribution in [-0.2, 0) is 18.6 Å². The fourth-order valence-corrected chi connectivity index (χ4v) is 2.03. The Bertz CT molecular complexity index is 540. The molecule has 0 fully saturated rings. The first-order valence-electron chi connectivity index (χ1n) is 6.44. The normalized spacial score (nSPS) is 11.8. The predicted octanol–water partition coefficient (Wildman–Crippen LogP) is 3.58. The lowest BCUT2D eigenvalue weighted by Gasteiger charge is -2.18. The number of rotatable bonds is 4. The minimum absolute atomic E-state index is 0.0329. The first-order valence-corrected chi connectivity index (χ1v) is 6.82. The average molecular weight is 278 g/mol. The number of hydrogen-bond acceptors (Lipinski definition) is 2. The van der Waals surface area contributed by atoms with Crippen molar-refractivity contribution in [3.8, 4) is 0 Å². The van der Waals surface area contributed by atoms with Gasteiger partial charge in [-0.3, -0.25) is 4.68 Å². The van der Waals surface area contributed by atoms with E-state index in [-0.39, 0.29) is 5.54 Å². The van der Waals surface area contributed by atoms with Crippen molar-refractivity contribution >= 4 is 11.6 Å². The Morgan fingerprint density at radius 1 is 1.21 bits per heavy atom. The topological polar surface area (TPSA) is 29.9 Å². The minimum Gasteiger partial charge on any atom is -0.309 e. The third kappa shape index (κ3) is 4.08. The Labute approximate surface area is 119 Å². The van der Waals surface area contributed by atoms with Crippen LogP contribution in [0.5, 0.6) is 0 Å². The highest BCUT2D eigenvalue weighted by molar-refractivity contribution is 6.30. The highest BCUT2D eigenvalue weighted by Crippen LogP contribution is 2.13. The second-order valence-corrected chi connectivity index (χ2v) is 6.13. The fourth-order valence-electron chi connectivity index (χ4n) is 1.82. The Morgan fingerprint density at radius 3 is 2.58 bits per heavy atom. The maximum absolute atomic E-state index is 5.95. The Balaban J connectivity index is 1.88. The largest absolute Gasteiger partial charge is 0.309 e. The number of aromatic nitrogens is 2. The molecule has 0 aliphatic heterocycles. The minimum atomic E-state index is 0.0329. The summed E-state index contributed by atoms with van der Waals surface area (Å²) in [6, 6.07) is 7.90. The first kappa shape index (κ1) is 14.1. The molecule has 2 aromatic rings. The van der Waals surface area contributed by atoms with E-state index in [0.717, 1.165) is 18.1 Å². The zero-order chi connectivity index (χ0) is 13.9. The molecule has 1 N–H and O–H groups in total. The van der Waals surface area contributed by atoms with Crippen molar-refractivity contribution in [2.24, 2.45) is 0 Å². The molecule has 0 amide bonds. The van der Waals surface area contributed by atoms with Gasteiger partial charge in [0.15, 0.2) is 0 Å². The van der Waals surface area contributed by atoms with E-state index in [0.29, 0.717) is 0 Å². The summed E-state index contributed by atoms with van der Waals surface area (Å²) in [5, 5.41) is 8.56. The van der Waals surface area contributed by atoms with Crippen molar-refractivity contribution in [3.63, 3.8) is 0 Å². The molecule has 0 unspecified atom stereocenters. The van der Waals surface area contributed by atoms with Gasteiger partial charge < -0.3 is 5.32 Å². The van der Waals surface area contributed by atoms with Gasteiger partial charge >= 0.3 is 0 Å². The highest BCUT2D eigenvalue weighted by atomic mass is 35.5. The molecular weight excluding hydrogens is 258 g/mol. The molecule has 4 heteroatoms. The molecule has 0 radical (unpaired) electrons. The van der Waals surface area contributed by atoms with Gasteiger partial charge in [-0.15, -0.1) is 0 Å². The van der Waals surface area contributed by atoms with E-state index >= 15 is 0 Å². The summed E-state index contributed by atoms with van der Waals surface area (Å²) in [7, 11) is 0. The fraction of sp³-hybridized carbons (Fsp3) is 0.400. The van der Waals surface area contributed by atoms with Crippen molar-refractivity contribution in [1.29, 1.82) is 0 Å². The molecule has 0 atom stereocenters. The van der Waals surface area contributed by atoms with E-state index in [1.54, 1.807) is 0 Å². The third-order valence-electron chi connectivity index (χ3n) is 2.87. The zero-order valence-electron chi connectivity index (χ0n) is 11.7. The van der Waals surface area contributed by atoms with Crippen LogP contribution in [0.25, 0.3) is 0 Å². The number of nitrogens with one attached hydrogen (secondary N) is 1. The molecule has 0 aliphatic carbocycles. The van der Waals surface area contributed by atoms with E-state index in [2.05, 4.69) is 43.4 Å². The Hall–Kier alpha value is -1.32. The van der Waals surface area contributed by atoms with Crippen LogP contribution < -0.4 is 5.32 Å². The van der Waals surface area contributed by atoms with Crippen LogP contribution in [0.15, 0.2) is 36.7 Å². The smallest absolute Gasteiger partial charge is 0.0543 e. The molecule has 1 aromatic heterocycles. The second kappa shape index (κ2) is 5.76. The molecule has 1 aromatic carbocycles. The summed E-state index contributed by atoms with van der Waals surface area (Å²) in [4.78, 5) is 0. The van der Waals surface area contributed by atoms with Crippen molar-refractivity contribution in [2.75, 3.05) is 0 Å². The molecule has 0 saturated carbocycles. The summed E-state index contributed by atoms with van der Waals surface area (Å²) in [6.45, 7) is 8.04. The lowest BCUT2D eigenvalue weighted by atomic mass is 10.1. The van der Waals surface area contributed by atoms with E-state index in [1.807, 2.05) is 29.1 Å². The predicted molar refractivity (Wildman–Crippen MR) is 79.2 cm³/mol. The number of hydrogen-bond donors (Lipinski definition) is 1. The van der Waals surface area contributed by atoms with Crippen LogP contribution in [-0.4, -0.2) is 9.78 Å². The number of benzene rings is 1. The van der Waals surface area contributed by atoms with E-state index in [9.17, 15) is 0 Å². The summed E-state index contributed by atoms with van der Waals surface area (Å²) in [5.41, 5.74) is 2.42. The van der Waals surface area contributed by atoms with E-state index in [1.165, 1.54) is 11.1 Å². The van der Waals surface area contributed by atoms with Crippen LogP contribution in [0.2, 0.25) is 5.02 Å². The van der Waals surface area contributed by atoms with Crippen LogP contribution in [0.1, 0.15) is 31.9 Å². The summed E-state index contributed by atoms with van der Waals surface area (Å²) < 4.78 is 1.99. The molecule has 3 nitrogen and oxygen atoms in total. The van der Waals surface area contributed by atoms with Gasteiger partial charge in [-0.1, -0.05) is 23.7 Å². The maximum atomic E-state index is 5.95. The lowest BCUT2D eigenvalue weighted by molar-refractivity contribution is 0.355. The van der Waals surface area contributed by atoms with Gasteiger partial charge in [0.25, 0.3) is 0 Å². The van der Waals surface area contributed by atoms with Crippen molar-refractivity contribution < 1.29 is 0 Å². The molecule has 0 spiro atoms. The van der Waals surface area contributed by atoms with Crippen LogP contribution in [0.4, 0.5) is 0 Å². The van der Waals surface area contributed by atoms with Gasteiger partial charge in [-0.25, -0.2) is 0 Å². The Kier molecular flexibility index (Phi) is 4.27. The van der Waals surface area contributed by atoms with Crippen molar-refractivity contribution in [1.82, 2.24) is 15.1 Å². The average Bonchev–Trinajstić information content (AvgIpc) is 2.77. The lowest BCUT2D eigenvalue weighted by Crippen LogP contribution is -2.22. The van der Waals surface area contributed by atoms with Gasteiger partial charge in [-0.05, 0) is 38.5 Å². The molecule has 2 rings (SSSR count). The molecule has 1 heterocycles. The van der Waals surface area contributed by atoms with Crippen LogP contribution >= 0.6 is 11.6 Å². The first-order chi connectivity index (χ1) is 8.95. The molecule has 102 valence electrons. The molecule has 0 bridgehead atoms. The third-order valence-corrected chi connectivity index (χ3v) is 3.11. The summed E-state index contributed by atoms with van der Waals surface area (Å²) >= 11 is 5.95. The maximum Gasteiger partial charge on any atom is 0.0543 e. The molecule has 19 heavy (non-hydrogen) atoms. The van der Waals surface area contributed by atoms with Crippen molar-refractivity contribution in [3.05, 3.63) is 52.8 Å². The van der Waals surface area contributed by atoms with Gasteiger partial charge in [0.05, 0.1) is 11.7 Å². The van der Waals surface area contributed by atoms with Gasteiger partial charge in [0.2, 0.25) is 0 Å². The molecule has 0 saturated heterocycles. The Morgan fingerprint density at radius 2 is 1.95 bits per heavy atom. The van der Waals surface area contributed by atoms with Gasteiger partial charge in [0.1, 0.15) is 0 Å². The second-order valence-electron chi connectivity index (χ2n) is 5.70. The highest BCUT2D eigenvalue weighted by Gasteiger charge is 2.13. The van der Waals surface area contributed by atoms with Crippen molar-refractivity contribution in [2.45, 2.75) is 39.4 Å².